The number of likely N-dealkylation sites (tertiary alicyclic amines) is 1. The molecular weight excluding hydrogens is 352 g/mol. The predicted molar refractivity (Wildman–Crippen MR) is 111 cm³/mol. The van der Waals surface area contributed by atoms with Crippen molar-refractivity contribution in [3.63, 3.8) is 0 Å². The highest BCUT2D eigenvalue weighted by Crippen LogP contribution is 2.27. The lowest BCUT2D eigenvalue weighted by molar-refractivity contribution is -0.121. The quantitative estimate of drug-likeness (QED) is 0.868. The number of amides is 2. The number of carbonyl (C=O) groups excluding carboxylic acids is 2. The van der Waals surface area contributed by atoms with Gasteiger partial charge in [-0.1, -0.05) is 23.3 Å². The van der Waals surface area contributed by atoms with Crippen LogP contribution in [0.5, 0.6) is 5.75 Å². The van der Waals surface area contributed by atoms with E-state index in [9.17, 15) is 9.59 Å². The number of hydrogen-bond acceptors (Lipinski definition) is 3. The molecule has 1 aliphatic rings. The first kappa shape index (κ1) is 19.9. The Hall–Kier alpha value is -2.82. The molecule has 2 aromatic rings. The normalized spacial score (nSPS) is 16.6. The fourth-order valence-corrected chi connectivity index (χ4v) is 3.81. The Morgan fingerprint density at radius 3 is 2.43 bits per heavy atom. The average molecular weight is 380 g/mol. The third-order valence-electron chi connectivity index (χ3n) is 5.16. The molecule has 0 aliphatic carbocycles. The molecule has 1 N–H and O–H groups in total. The number of nitrogens with zero attached hydrogens (tertiary/aromatic N) is 1. The van der Waals surface area contributed by atoms with Crippen LogP contribution in [0.3, 0.4) is 0 Å². The van der Waals surface area contributed by atoms with Gasteiger partial charge in [0.15, 0.2) is 0 Å². The van der Waals surface area contributed by atoms with Crippen molar-refractivity contribution in [1.82, 2.24) is 4.90 Å². The zero-order valence-corrected chi connectivity index (χ0v) is 17.0. The van der Waals surface area contributed by atoms with Gasteiger partial charge >= 0.3 is 0 Å². The maximum atomic E-state index is 12.9. The van der Waals surface area contributed by atoms with Crippen LogP contribution in [0.25, 0.3) is 0 Å². The van der Waals surface area contributed by atoms with Gasteiger partial charge in [-0.25, -0.2) is 0 Å². The van der Waals surface area contributed by atoms with E-state index in [1.165, 1.54) is 0 Å². The number of methoxy groups -OCH3 is 1. The van der Waals surface area contributed by atoms with E-state index in [2.05, 4.69) is 11.4 Å². The summed E-state index contributed by atoms with van der Waals surface area (Å²) in [4.78, 5) is 27.6. The van der Waals surface area contributed by atoms with Gasteiger partial charge in [0.2, 0.25) is 5.91 Å². The third kappa shape index (κ3) is 4.53. The Labute approximate surface area is 166 Å². The second-order valence-electron chi connectivity index (χ2n) is 7.66. The molecule has 1 saturated heterocycles. The molecule has 1 atom stereocenters. The molecule has 3 rings (SSSR count). The van der Waals surface area contributed by atoms with Gasteiger partial charge < -0.3 is 15.0 Å². The molecule has 148 valence electrons. The van der Waals surface area contributed by atoms with Gasteiger partial charge in [0.25, 0.3) is 5.91 Å². The fourth-order valence-electron chi connectivity index (χ4n) is 3.81. The molecule has 0 spiro atoms. The minimum atomic E-state index is -0.228. The molecule has 2 aromatic carbocycles. The summed E-state index contributed by atoms with van der Waals surface area (Å²) in [6.07, 6.45) is 1.59. The maximum absolute atomic E-state index is 12.9. The van der Waals surface area contributed by atoms with Crippen LogP contribution in [-0.2, 0) is 4.79 Å². The number of anilines is 1. The molecule has 2 amide bonds. The Morgan fingerprint density at radius 2 is 1.75 bits per heavy atom. The molecule has 1 aliphatic heterocycles. The summed E-state index contributed by atoms with van der Waals surface area (Å²) in [5, 5.41) is 2.99. The molecule has 0 aromatic heterocycles. The number of nitrogens with one attached hydrogen (secondary N) is 1. The lowest BCUT2D eigenvalue weighted by Gasteiger charge is -2.32. The molecule has 0 saturated carbocycles. The van der Waals surface area contributed by atoms with E-state index in [-0.39, 0.29) is 17.7 Å². The number of ether oxygens (including phenoxy) is 1. The molecule has 28 heavy (non-hydrogen) atoms. The zero-order valence-electron chi connectivity index (χ0n) is 17.0. The molecule has 0 bridgehead atoms. The van der Waals surface area contributed by atoms with Crippen LogP contribution in [0, 0.1) is 26.7 Å². The van der Waals surface area contributed by atoms with E-state index in [0.29, 0.717) is 30.1 Å². The summed E-state index contributed by atoms with van der Waals surface area (Å²) in [6, 6.07) is 11.6. The minimum Gasteiger partial charge on any atom is -0.495 e. The first-order valence-electron chi connectivity index (χ1n) is 9.70. The Kier molecular flexibility index (Phi) is 6.02. The number of aryl methyl sites for hydroxylation is 3. The van der Waals surface area contributed by atoms with Crippen molar-refractivity contribution in [2.75, 3.05) is 25.5 Å². The maximum Gasteiger partial charge on any atom is 0.253 e. The van der Waals surface area contributed by atoms with E-state index < -0.39 is 0 Å². The van der Waals surface area contributed by atoms with E-state index in [1.54, 1.807) is 12.0 Å². The van der Waals surface area contributed by atoms with Gasteiger partial charge in [-0.15, -0.1) is 0 Å². The summed E-state index contributed by atoms with van der Waals surface area (Å²) in [5.74, 6) is 0.339. The van der Waals surface area contributed by atoms with Crippen LogP contribution in [0.1, 0.15) is 39.9 Å². The van der Waals surface area contributed by atoms with Crippen molar-refractivity contribution >= 4 is 17.5 Å². The van der Waals surface area contributed by atoms with Crippen LogP contribution >= 0.6 is 0 Å². The molecule has 0 radical (unpaired) electrons. The Balaban J connectivity index is 1.71. The van der Waals surface area contributed by atoms with Crippen LogP contribution < -0.4 is 10.1 Å². The molecule has 5 nitrogen and oxygen atoms in total. The SMILES string of the molecule is COc1ccc(C)cc1NC(=O)C1CCCN(C(=O)c2cc(C)cc(C)c2)C1. The lowest BCUT2D eigenvalue weighted by atomic mass is 9.96. The second kappa shape index (κ2) is 8.46. The van der Waals surface area contributed by atoms with E-state index in [0.717, 1.165) is 29.5 Å². The van der Waals surface area contributed by atoms with Crippen molar-refractivity contribution in [1.29, 1.82) is 0 Å². The number of hydrogen-bond donors (Lipinski definition) is 1. The fraction of sp³-hybridized carbons (Fsp3) is 0.391. The molecule has 1 fully saturated rings. The summed E-state index contributed by atoms with van der Waals surface area (Å²) in [6.45, 7) is 7.08. The Morgan fingerprint density at radius 1 is 1.04 bits per heavy atom. The van der Waals surface area contributed by atoms with Crippen molar-refractivity contribution < 1.29 is 14.3 Å². The standard InChI is InChI=1S/C23H28N2O3/c1-15-7-8-21(28-4)20(13-15)24-22(26)18-6-5-9-25(14-18)23(27)19-11-16(2)10-17(3)12-19/h7-8,10-13,18H,5-6,9,14H2,1-4H3,(H,24,26). The smallest absolute Gasteiger partial charge is 0.253 e. The zero-order chi connectivity index (χ0) is 20.3. The largest absolute Gasteiger partial charge is 0.495 e. The highest BCUT2D eigenvalue weighted by atomic mass is 16.5. The third-order valence-corrected chi connectivity index (χ3v) is 5.16. The Bertz CT molecular complexity index is 871. The van der Waals surface area contributed by atoms with Gasteiger partial charge in [-0.05, 0) is 63.4 Å². The van der Waals surface area contributed by atoms with Gasteiger partial charge in [-0.2, -0.15) is 0 Å². The predicted octanol–water partition coefficient (Wildman–Crippen LogP) is 4.11. The summed E-state index contributed by atoms with van der Waals surface area (Å²) in [5.41, 5.74) is 4.55. The molecule has 5 heteroatoms. The first-order chi connectivity index (χ1) is 13.4. The number of rotatable bonds is 4. The van der Waals surface area contributed by atoms with Crippen LogP contribution in [0.4, 0.5) is 5.69 Å². The number of benzene rings is 2. The van der Waals surface area contributed by atoms with Crippen LogP contribution in [-0.4, -0.2) is 36.9 Å². The molecule has 1 unspecified atom stereocenters. The van der Waals surface area contributed by atoms with Crippen molar-refractivity contribution in [3.8, 4) is 5.75 Å². The van der Waals surface area contributed by atoms with Crippen LogP contribution in [0.15, 0.2) is 36.4 Å². The van der Waals surface area contributed by atoms with Gasteiger partial charge in [0.1, 0.15) is 5.75 Å². The molecular formula is C23H28N2O3. The molecule has 1 heterocycles. The summed E-state index contributed by atoms with van der Waals surface area (Å²) in [7, 11) is 1.59. The van der Waals surface area contributed by atoms with Crippen molar-refractivity contribution in [2.24, 2.45) is 5.92 Å². The van der Waals surface area contributed by atoms with E-state index in [1.807, 2.05) is 51.1 Å². The van der Waals surface area contributed by atoms with E-state index >= 15 is 0 Å². The number of carbonyl (C=O) groups is 2. The van der Waals surface area contributed by atoms with Crippen molar-refractivity contribution in [2.45, 2.75) is 33.6 Å². The highest BCUT2D eigenvalue weighted by Gasteiger charge is 2.29. The first-order valence-corrected chi connectivity index (χ1v) is 9.70. The lowest BCUT2D eigenvalue weighted by Crippen LogP contribution is -2.43. The monoisotopic (exact) mass is 380 g/mol. The van der Waals surface area contributed by atoms with Crippen molar-refractivity contribution in [3.05, 3.63) is 58.7 Å². The second-order valence-corrected chi connectivity index (χ2v) is 7.66. The summed E-state index contributed by atoms with van der Waals surface area (Å²) >= 11 is 0. The average Bonchev–Trinajstić information content (AvgIpc) is 2.67. The van der Waals surface area contributed by atoms with E-state index in [4.69, 9.17) is 4.74 Å². The summed E-state index contributed by atoms with van der Waals surface area (Å²) < 4.78 is 5.35. The number of piperidine rings is 1. The van der Waals surface area contributed by atoms with Gasteiger partial charge in [0, 0.05) is 18.7 Å². The van der Waals surface area contributed by atoms with Gasteiger partial charge in [-0.3, -0.25) is 9.59 Å². The topological polar surface area (TPSA) is 58.6 Å². The minimum absolute atomic E-state index is 0.00237. The van der Waals surface area contributed by atoms with Gasteiger partial charge in [0.05, 0.1) is 18.7 Å². The van der Waals surface area contributed by atoms with Crippen LogP contribution in [0.2, 0.25) is 0 Å². The highest BCUT2D eigenvalue weighted by molar-refractivity contribution is 5.97.